The summed E-state index contributed by atoms with van der Waals surface area (Å²) in [7, 11) is 0. The summed E-state index contributed by atoms with van der Waals surface area (Å²) >= 11 is 1.52. The van der Waals surface area contributed by atoms with Crippen molar-refractivity contribution < 1.29 is 18.0 Å². The molecule has 0 saturated carbocycles. The number of amides is 1. The van der Waals surface area contributed by atoms with E-state index in [4.69, 9.17) is 0 Å². The topological polar surface area (TPSA) is 33.2 Å². The number of alkyl halides is 3. The number of carbonyl (C=O) groups is 1. The Balaban J connectivity index is 2.34. The van der Waals surface area contributed by atoms with Gasteiger partial charge in [-0.1, -0.05) is 0 Å². The molecule has 2 heterocycles. The zero-order valence-electron chi connectivity index (χ0n) is 8.70. The van der Waals surface area contributed by atoms with E-state index in [1.807, 2.05) is 0 Å². The highest BCUT2D eigenvalue weighted by Crippen LogP contribution is 2.32. The van der Waals surface area contributed by atoms with Gasteiger partial charge in [0, 0.05) is 24.7 Å². The van der Waals surface area contributed by atoms with Gasteiger partial charge in [0.25, 0.3) is 5.91 Å². The van der Waals surface area contributed by atoms with Crippen LogP contribution < -0.4 is 0 Å². The van der Waals surface area contributed by atoms with E-state index in [0.29, 0.717) is 12.4 Å². The number of halogens is 3. The van der Waals surface area contributed by atoms with Crippen LogP contribution in [0.4, 0.5) is 13.2 Å². The predicted molar refractivity (Wildman–Crippen MR) is 57.6 cm³/mol. The summed E-state index contributed by atoms with van der Waals surface area (Å²) in [4.78, 5) is 16.9. The first-order valence-electron chi connectivity index (χ1n) is 4.88. The van der Waals surface area contributed by atoms with Gasteiger partial charge in [-0.15, -0.1) is 11.8 Å². The Morgan fingerprint density at radius 3 is 2.82 bits per heavy atom. The third kappa shape index (κ3) is 2.54. The van der Waals surface area contributed by atoms with Gasteiger partial charge >= 0.3 is 6.18 Å². The fourth-order valence-corrected chi connectivity index (χ4v) is 2.50. The molecule has 2 rings (SSSR count). The minimum atomic E-state index is -4.53. The van der Waals surface area contributed by atoms with Gasteiger partial charge in [-0.25, -0.2) is 0 Å². The van der Waals surface area contributed by atoms with Crippen LogP contribution in [-0.4, -0.2) is 34.0 Å². The van der Waals surface area contributed by atoms with Gasteiger partial charge in [-0.2, -0.15) is 13.2 Å². The van der Waals surface area contributed by atoms with Crippen LogP contribution in [-0.2, 0) is 6.18 Å². The minimum absolute atomic E-state index is 0.373. The van der Waals surface area contributed by atoms with Crippen molar-refractivity contribution in [2.45, 2.75) is 6.18 Å². The molecule has 7 heteroatoms. The van der Waals surface area contributed by atoms with E-state index in [0.717, 1.165) is 24.2 Å². The summed E-state index contributed by atoms with van der Waals surface area (Å²) in [5.74, 6) is 0.591. The molecular formula is C10H9F3N2OS. The van der Waals surface area contributed by atoms with E-state index in [2.05, 4.69) is 4.98 Å². The van der Waals surface area contributed by atoms with Crippen molar-refractivity contribution in [1.29, 1.82) is 0 Å². The van der Waals surface area contributed by atoms with Crippen molar-refractivity contribution in [3.8, 4) is 0 Å². The fourth-order valence-electron chi connectivity index (χ4n) is 1.56. The third-order valence-electron chi connectivity index (χ3n) is 2.40. The largest absolute Gasteiger partial charge is 0.417 e. The van der Waals surface area contributed by atoms with Gasteiger partial charge in [0.05, 0.1) is 17.0 Å². The van der Waals surface area contributed by atoms with Crippen LogP contribution in [0.15, 0.2) is 18.5 Å². The maximum absolute atomic E-state index is 12.7. The number of pyridine rings is 1. The Kier molecular flexibility index (Phi) is 3.28. The lowest BCUT2D eigenvalue weighted by Crippen LogP contribution is -2.30. The third-order valence-corrected chi connectivity index (χ3v) is 3.36. The summed E-state index contributed by atoms with van der Waals surface area (Å²) in [6, 6.07) is 0.830. The highest BCUT2D eigenvalue weighted by molar-refractivity contribution is 7.99. The summed E-state index contributed by atoms with van der Waals surface area (Å²) < 4.78 is 38.1. The van der Waals surface area contributed by atoms with Gasteiger partial charge in [-0.3, -0.25) is 9.78 Å². The molecule has 0 aromatic carbocycles. The molecule has 1 aliphatic rings. The minimum Gasteiger partial charge on any atom is -0.329 e. The van der Waals surface area contributed by atoms with E-state index >= 15 is 0 Å². The summed E-state index contributed by atoms with van der Waals surface area (Å²) in [6.07, 6.45) is -2.51. The maximum Gasteiger partial charge on any atom is 0.417 e. The molecule has 1 saturated heterocycles. The normalized spacial score (nSPS) is 16.3. The molecule has 1 aromatic heterocycles. The average molecular weight is 262 g/mol. The van der Waals surface area contributed by atoms with Crippen LogP contribution in [0.3, 0.4) is 0 Å². The van der Waals surface area contributed by atoms with Crippen LogP contribution in [0, 0.1) is 0 Å². The molecule has 1 fully saturated rings. The Morgan fingerprint density at radius 1 is 1.47 bits per heavy atom. The smallest absolute Gasteiger partial charge is 0.329 e. The van der Waals surface area contributed by atoms with Crippen LogP contribution in [0.1, 0.15) is 15.9 Å². The number of aromatic nitrogens is 1. The van der Waals surface area contributed by atoms with Crippen molar-refractivity contribution in [3.63, 3.8) is 0 Å². The van der Waals surface area contributed by atoms with Gasteiger partial charge in [-0.05, 0) is 6.07 Å². The molecule has 0 aliphatic carbocycles. The Hall–Kier alpha value is -1.24. The number of hydrogen-bond acceptors (Lipinski definition) is 3. The van der Waals surface area contributed by atoms with E-state index in [1.165, 1.54) is 16.7 Å². The highest BCUT2D eigenvalue weighted by atomic mass is 32.2. The first-order chi connectivity index (χ1) is 8.00. The number of hydrogen-bond donors (Lipinski definition) is 0. The standard InChI is InChI=1S/C10H9F3N2OS/c11-10(12,13)8-1-2-14-5-7(8)9(16)15-3-4-17-6-15/h1-2,5H,3-4,6H2. The molecule has 3 nitrogen and oxygen atoms in total. The molecule has 0 N–H and O–H groups in total. The van der Waals surface area contributed by atoms with E-state index in [-0.39, 0.29) is 5.56 Å². The molecule has 0 bridgehead atoms. The van der Waals surface area contributed by atoms with Crippen LogP contribution >= 0.6 is 11.8 Å². The molecular weight excluding hydrogens is 253 g/mol. The molecule has 92 valence electrons. The number of thioether (sulfide) groups is 1. The second-order valence-electron chi connectivity index (χ2n) is 3.52. The zero-order valence-corrected chi connectivity index (χ0v) is 9.51. The predicted octanol–water partition coefficient (Wildman–Crippen LogP) is 2.25. The maximum atomic E-state index is 12.7. The molecule has 0 atom stereocenters. The summed E-state index contributed by atoms with van der Waals surface area (Å²) in [5.41, 5.74) is -1.29. The number of rotatable bonds is 1. The monoisotopic (exact) mass is 262 g/mol. The molecule has 1 aromatic rings. The SMILES string of the molecule is O=C(c1cnccc1C(F)(F)F)N1CCSC1. The molecule has 1 amide bonds. The summed E-state index contributed by atoms with van der Waals surface area (Å²) in [6.45, 7) is 0.482. The van der Waals surface area contributed by atoms with E-state index in [9.17, 15) is 18.0 Å². The Bertz CT molecular complexity index is 430. The molecule has 1 aliphatic heterocycles. The van der Waals surface area contributed by atoms with Gasteiger partial charge < -0.3 is 4.90 Å². The van der Waals surface area contributed by atoms with Crippen molar-refractivity contribution >= 4 is 17.7 Å². The number of carbonyl (C=O) groups excluding carboxylic acids is 1. The second kappa shape index (κ2) is 4.56. The second-order valence-corrected chi connectivity index (χ2v) is 4.60. The average Bonchev–Trinajstić information content (AvgIpc) is 2.80. The molecule has 0 radical (unpaired) electrons. The summed E-state index contributed by atoms with van der Waals surface area (Å²) in [5, 5.41) is 0. The first kappa shape index (κ1) is 12.2. The van der Waals surface area contributed by atoms with Crippen LogP contribution in [0.5, 0.6) is 0 Å². The first-order valence-corrected chi connectivity index (χ1v) is 6.04. The van der Waals surface area contributed by atoms with Crippen molar-refractivity contribution in [1.82, 2.24) is 9.88 Å². The lowest BCUT2D eigenvalue weighted by atomic mass is 10.1. The quantitative estimate of drug-likeness (QED) is 0.778. The molecule has 0 spiro atoms. The molecule has 0 unspecified atom stereocenters. The Morgan fingerprint density at radius 2 is 2.24 bits per heavy atom. The van der Waals surface area contributed by atoms with Gasteiger partial charge in [0.2, 0.25) is 0 Å². The lowest BCUT2D eigenvalue weighted by Gasteiger charge is -2.17. The zero-order chi connectivity index (χ0) is 12.5. The molecule has 17 heavy (non-hydrogen) atoms. The van der Waals surface area contributed by atoms with E-state index < -0.39 is 17.6 Å². The number of nitrogens with zero attached hydrogens (tertiary/aromatic N) is 2. The van der Waals surface area contributed by atoms with Gasteiger partial charge in [0.15, 0.2) is 0 Å². The van der Waals surface area contributed by atoms with Crippen LogP contribution in [0.25, 0.3) is 0 Å². The van der Waals surface area contributed by atoms with E-state index in [1.54, 1.807) is 0 Å². The lowest BCUT2D eigenvalue weighted by molar-refractivity contribution is -0.138. The van der Waals surface area contributed by atoms with Crippen molar-refractivity contribution in [2.24, 2.45) is 0 Å². The van der Waals surface area contributed by atoms with Crippen molar-refractivity contribution in [2.75, 3.05) is 18.2 Å². The van der Waals surface area contributed by atoms with Crippen molar-refractivity contribution in [3.05, 3.63) is 29.6 Å². The fraction of sp³-hybridized carbons (Fsp3) is 0.400. The highest BCUT2D eigenvalue weighted by Gasteiger charge is 2.36. The Labute approximate surface area is 100 Å². The van der Waals surface area contributed by atoms with Gasteiger partial charge in [0.1, 0.15) is 0 Å². The van der Waals surface area contributed by atoms with Crippen LogP contribution in [0.2, 0.25) is 0 Å².